The molecule has 2 heterocycles. The van der Waals surface area contributed by atoms with Gasteiger partial charge in [0, 0.05) is 37.8 Å². The van der Waals surface area contributed by atoms with Crippen LogP contribution in [0, 0.1) is 18.3 Å². The molecule has 112 valence electrons. The second kappa shape index (κ2) is 6.44. The Morgan fingerprint density at radius 2 is 1.91 bits per heavy atom. The molecule has 0 radical (unpaired) electrons. The van der Waals surface area contributed by atoms with E-state index in [0.717, 1.165) is 37.3 Å². The van der Waals surface area contributed by atoms with Crippen LogP contribution in [0.15, 0.2) is 36.7 Å². The van der Waals surface area contributed by atoms with Crippen LogP contribution in [0.25, 0.3) is 0 Å². The summed E-state index contributed by atoms with van der Waals surface area (Å²) in [5, 5.41) is 8.84. The Balaban J connectivity index is 1.57. The highest BCUT2D eigenvalue weighted by atomic mass is 16.5. The summed E-state index contributed by atoms with van der Waals surface area (Å²) in [7, 11) is 0. The summed E-state index contributed by atoms with van der Waals surface area (Å²) in [4.78, 5) is 10.8. The number of aromatic nitrogens is 2. The van der Waals surface area contributed by atoms with E-state index in [1.807, 2.05) is 31.2 Å². The molecule has 0 bridgehead atoms. The number of benzene rings is 1. The molecule has 1 aromatic carbocycles. The van der Waals surface area contributed by atoms with Gasteiger partial charge in [-0.1, -0.05) is 0 Å². The first-order chi connectivity index (χ1) is 10.7. The molecule has 1 saturated heterocycles. The lowest BCUT2D eigenvalue weighted by Gasteiger charge is -2.33. The largest absolute Gasteiger partial charge is 0.473 e. The SMILES string of the molecule is Cc1cncc(OC2CCN(c3ccc(C#N)cc3)CC2)n1. The predicted molar refractivity (Wildman–Crippen MR) is 83.8 cm³/mol. The Labute approximate surface area is 130 Å². The van der Waals surface area contributed by atoms with Gasteiger partial charge < -0.3 is 9.64 Å². The van der Waals surface area contributed by atoms with Crippen LogP contribution < -0.4 is 9.64 Å². The molecule has 1 aliphatic rings. The van der Waals surface area contributed by atoms with Crippen molar-refractivity contribution in [2.24, 2.45) is 0 Å². The highest BCUT2D eigenvalue weighted by molar-refractivity contribution is 5.50. The van der Waals surface area contributed by atoms with E-state index in [-0.39, 0.29) is 6.10 Å². The normalized spacial score (nSPS) is 15.4. The number of rotatable bonds is 3. The fourth-order valence-corrected chi connectivity index (χ4v) is 2.65. The monoisotopic (exact) mass is 294 g/mol. The lowest BCUT2D eigenvalue weighted by Crippen LogP contribution is -2.38. The van der Waals surface area contributed by atoms with Gasteiger partial charge in [0.15, 0.2) is 0 Å². The van der Waals surface area contributed by atoms with Crippen LogP contribution in [0.5, 0.6) is 5.88 Å². The van der Waals surface area contributed by atoms with Gasteiger partial charge in [0.05, 0.1) is 23.5 Å². The van der Waals surface area contributed by atoms with Crippen molar-refractivity contribution < 1.29 is 4.74 Å². The molecule has 1 aromatic heterocycles. The molecule has 0 N–H and O–H groups in total. The predicted octanol–water partition coefficient (Wildman–Crippen LogP) is 2.70. The third-order valence-electron chi connectivity index (χ3n) is 3.82. The van der Waals surface area contributed by atoms with Crippen LogP contribution in [0.1, 0.15) is 24.1 Å². The van der Waals surface area contributed by atoms with Crippen molar-refractivity contribution in [3.8, 4) is 11.9 Å². The van der Waals surface area contributed by atoms with E-state index < -0.39 is 0 Å². The van der Waals surface area contributed by atoms with Gasteiger partial charge in [-0.05, 0) is 31.2 Å². The summed E-state index contributed by atoms with van der Waals surface area (Å²) < 4.78 is 5.91. The zero-order valence-corrected chi connectivity index (χ0v) is 12.6. The molecule has 0 amide bonds. The minimum absolute atomic E-state index is 0.186. The summed E-state index contributed by atoms with van der Waals surface area (Å²) in [6, 6.07) is 9.88. The molecular weight excluding hydrogens is 276 g/mol. The number of nitriles is 1. The standard InChI is InChI=1S/C17H18N4O/c1-13-11-19-12-17(20-13)22-16-6-8-21(9-7-16)15-4-2-14(10-18)3-5-15/h2-5,11-12,16H,6-9H2,1H3. The Hall–Kier alpha value is -2.61. The zero-order valence-electron chi connectivity index (χ0n) is 12.6. The van der Waals surface area contributed by atoms with E-state index in [2.05, 4.69) is 20.9 Å². The first kappa shape index (κ1) is 14.3. The Morgan fingerprint density at radius 1 is 1.18 bits per heavy atom. The molecule has 22 heavy (non-hydrogen) atoms. The zero-order chi connectivity index (χ0) is 15.4. The minimum atomic E-state index is 0.186. The van der Waals surface area contributed by atoms with Gasteiger partial charge in [0.2, 0.25) is 5.88 Å². The average Bonchev–Trinajstić information content (AvgIpc) is 2.56. The van der Waals surface area contributed by atoms with Crippen molar-refractivity contribution in [1.29, 1.82) is 5.26 Å². The van der Waals surface area contributed by atoms with Crippen LogP contribution in [0.2, 0.25) is 0 Å². The van der Waals surface area contributed by atoms with Crippen LogP contribution in [-0.4, -0.2) is 29.2 Å². The van der Waals surface area contributed by atoms with Crippen LogP contribution in [0.4, 0.5) is 5.69 Å². The lowest BCUT2D eigenvalue weighted by atomic mass is 10.1. The van der Waals surface area contributed by atoms with Gasteiger partial charge in [0.1, 0.15) is 6.10 Å². The van der Waals surface area contributed by atoms with E-state index in [9.17, 15) is 0 Å². The first-order valence-corrected chi connectivity index (χ1v) is 7.45. The number of hydrogen-bond donors (Lipinski definition) is 0. The van der Waals surface area contributed by atoms with Gasteiger partial charge >= 0.3 is 0 Å². The van der Waals surface area contributed by atoms with Gasteiger partial charge in [0.25, 0.3) is 0 Å². The Bertz CT molecular complexity index is 670. The maximum atomic E-state index is 8.84. The number of ether oxygens (including phenoxy) is 1. The molecule has 0 spiro atoms. The molecule has 3 rings (SSSR count). The number of nitrogens with zero attached hydrogens (tertiary/aromatic N) is 4. The van der Waals surface area contributed by atoms with Gasteiger partial charge in [-0.15, -0.1) is 0 Å². The molecule has 1 aliphatic heterocycles. The van der Waals surface area contributed by atoms with Crippen molar-refractivity contribution in [2.75, 3.05) is 18.0 Å². The van der Waals surface area contributed by atoms with Crippen molar-refractivity contribution in [3.63, 3.8) is 0 Å². The average molecular weight is 294 g/mol. The fourth-order valence-electron chi connectivity index (χ4n) is 2.65. The number of hydrogen-bond acceptors (Lipinski definition) is 5. The molecule has 5 heteroatoms. The molecule has 1 fully saturated rings. The third kappa shape index (κ3) is 3.34. The van der Waals surface area contributed by atoms with E-state index in [1.54, 1.807) is 12.4 Å². The summed E-state index contributed by atoms with van der Waals surface area (Å²) in [6.07, 6.45) is 5.48. The number of aryl methyl sites for hydroxylation is 1. The highest BCUT2D eigenvalue weighted by Crippen LogP contribution is 2.22. The second-order valence-electron chi connectivity index (χ2n) is 5.46. The fraction of sp³-hybridized carbons (Fsp3) is 0.353. The molecule has 0 saturated carbocycles. The quantitative estimate of drug-likeness (QED) is 0.871. The van der Waals surface area contributed by atoms with E-state index in [0.29, 0.717) is 11.4 Å². The van der Waals surface area contributed by atoms with Gasteiger partial charge in [-0.3, -0.25) is 4.98 Å². The highest BCUT2D eigenvalue weighted by Gasteiger charge is 2.21. The Morgan fingerprint density at radius 3 is 2.55 bits per heavy atom. The Kier molecular flexibility index (Phi) is 4.19. The summed E-state index contributed by atoms with van der Waals surface area (Å²) in [5.74, 6) is 0.608. The van der Waals surface area contributed by atoms with Gasteiger partial charge in [-0.2, -0.15) is 5.26 Å². The smallest absolute Gasteiger partial charge is 0.232 e. The summed E-state index contributed by atoms with van der Waals surface area (Å²) in [5.41, 5.74) is 2.72. The number of anilines is 1. The van der Waals surface area contributed by atoms with E-state index >= 15 is 0 Å². The maximum Gasteiger partial charge on any atom is 0.232 e. The van der Waals surface area contributed by atoms with Crippen LogP contribution >= 0.6 is 0 Å². The molecule has 0 atom stereocenters. The first-order valence-electron chi connectivity index (χ1n) is 7.45. The van der Waals surface area contributed by atoms with Gasteiger partial charge in [-0.25, -0.2) is 4.98 Å². The minimum Gasteiger partial charge on any atom is -0.473 e. The maximum absolute atomic E-state index is 8.84. The van der Waals surface area contributed by atoms with Crippen LogP contribution in [-0.2, 0) is 0 Å². The van der Waals surface area contributed by atoms with Crippen LogP contribution in [0.3, 0.4) is 0 Å². The van der Waals surface area contributed by atoms with Crippen molar-refractivity contribution in [2.45, 2.75) is 25.9 Å². The summed E-state index contributed by atoms with van der Waals surface area (Å²) >= 11 is 0. The summed E-state index contributed by atoms with van der Waals surface area (Å²) in [6.45, 7) is 3.79. The van der Waals surface area contributed by atoms with Crippen molar-refractivity contribution in [1.82, 2.24) is 9.97 Å². The third-order valence-corrected chi connectivity index (χ3v) is 3.82. The molecule has 5 nitrogen and oxygen atoms in total. The molecular formula is C17H18N4O. The van der Waals surface area contributed by atoms with Crippen molar-refractivity contribution in [3.05, 3.63) is 47.9 Å². The second-order valence-corrected chi connectivity index (χ2v) is 5.46. The molecule has 0 aliphatic carbocycles. The van der Waals surface area contributed by atoms with E-state index in [1.165, 1.54) is 0 Å². The topological polar surface area (TPSA) is 62.0 Å². The number of piperidine rings is 1. The molecule has 0 unspecified atom stereocenters. The lowest BCUT2D eigenvalue weighted by molar-refractivity contribution is 0.163. The molecule has 2 aromatic rings. The van der Waals surface area contributed by atoms with E-state index in [4.69, 9.17) is 10.00 Å². The van der Waals surface area contributed by atoms with Crippen molar-refractivity contribution >= 4 is 5.69 Å².